The second-order valence-corrected chi connectivity index (χ2v) is 8.40. The van der Waals surface area contributed by atoms with Crippen molar-refractivity contribution < 1.29 is 19.5 Å². The SMILES string of the molecule is CC(=O)NCCCC[C@H](NC(=O)O)C(=O)N(Cc1cccs1)Cc1cccs1. The van der Waals surface area contributed by atoms with Crippen LogP contribution in [0.4, 0.5) is 4.79 Å². The molecule has 3 amide bonds. The number of carbonyl (C=O) groups excluding carboxylic acids is 2. The van der Waals surface area contributed by atoms with E-state index in [-0.39, 0.29) is 11.8 Å². The fourth-order valence-corrected chi connectivity index (χ4v) is 4.20. The minimum absolute atomic E-state index is 0.102. The number of nitrogens with one attached hydrogen (secondary N) is 2. The molecule has 0 unspecified atom stereocenters. The molecular formula is C19H25N3O4S2. The number of thiophene rings is 2. The molecule has 0 saturated heterocycles. The standard InChI is InChI=1S/C19H25N3O4S2/c1-14(23)20-9-3-2-8-17(21-19(25)26)18(24)22(12-15-6-4-10-27-15)13-16-7-5-11-28-16/h4-7,10-11,17,21H,2-3,8-9,12-13H2,1H3,(H,20,23)(H,25,26)/t17-/m0/s1. The number of rotatable bonds is 11. The van der Waals surface area contributed by atoms with E-state index in [2.05, 4.69) is 10.6 Å². The maximum atomic E-state index is 13.1. The van der Waals surface area contributed by atoms with E-state index in [9.17, 15) is 14.4 Å². The molecule has 2 heterocycles. The average Bonchev–Trinajstić information content (AvgIpc) is 3.32. The zero-order valence-corrected chi connectivity index (χ0v) is 17.4. The van der Waals surface area contributed by atoms with Crippen LogP contribution in [0.15, 0.2) is 35.0 Å². The van der Waals surface area contributed by atoms with Gasteiger partial charge in [-0.05, 0) is 42.2 Å². The van der Waals surface area contributed by atoms with Crippen molar-refractivity contribution >= 4 is 40.6 Å². The number of carboxylic acid groups (broad SMARTS) is 1. The molecule has 0 aliphatic carbocycles. The molecule has 3 N–H and O–H groups in total. The van der Waals surface area contributed by atoms with Crippen LogP contribution in [-0.4, -0.2) is 40.5 Å². The number of nitrogens with zero attached hydrogens (tertiary/aromatic N) is 1. The van der Waals surface area contributed by atoms with Gasteiger partial charge in [0.25, 0.3) is 0 Å². The van der Waals surface area contributed by atoms with Crippen LogP contribution in [0.5, 0.6) is 0 Å². The second-order valence-electron chi connectivity index (χ2n) is 6.33. The number of unbranched alkanes of at least 4 members (excludes halogenated alkanes) is 1. The Hall–Kier alpha value is -2.39. The van der Waals surface area contributed by atoms with Crippen LogP contribution < -0.4 is 10.6 Å². The first-order valence-electron chi connectivity index (χ1n) is 9.03. The lowest BCUT2D eigenvalue weighted by Crippen LogP contribution is -2.47. The Balaban J connectivity index is 2.03. The predicted molar refractivity (Wildman–Crippen MR) is 110 cm³/mol. The molecular weight excluding hydrogens is 398 g/mol. The summed E-state index contributed by atoms with van der Waals surface area (Å²) in [5, 5.41) is 18.1. The summed E-state index contributed by atoms with van der Waals surface area (Å²) in [6, 6.07) is 6.99. The normalized spacial score (nSPS) is 11.6. The van der Waals surface area contributed by atoms with E-state index in [0.717, 1.165) is 9.75 Å². The lowest BCUT2D eigenvalue weighted by molar-refractivity contribution is -0.134. The van der Waals surface area contributed by atoms with Crippen molar-refractivity contribution in [1.29, 1.82) is 0 Å². The molecule has 7 nitrogen and oxygen atoms in total. The first-order chi connectivity index (χ1) is 13.5. The summed E-state index contributed by atoms with van der Waals surface area (Å²) in [4.78, 5) is 39.1. The summed E-state index contributed by atoms with van der Waals surface area (Å²) >= 11 is 3.13. The van der Waals surface area contributed by atoms with Gasteiger partial charge in [-0.2, -0.15) is 0 Å². The van der Waals surface area contributed by atoms with Crippen LogP contribution in [0.1, 0.15) is 35.9 Å². The van der Waals surface area contributed by atoms with Gasteiger partial charge >= 0.3 is 6.09 Å². The van der Waals surface area contributed by atoms with Gasteiger partial charge in [-0.25, -0.2) is 4.79 Å². The largest absolute Gasteiger partial charge is 0.465 e. The van der Waals surface area contributed by atoms with Gasteiger partial charge in [-0.3, -0.25) is 9.59 Å². The summed E-state index contributed by atoms with van der Waals surface area (Å²) in [6.45, 7) is 2.85. The highest BCUT2D eigenvalue weighted by Crippen LogP contribution is 2.19. The Morgan fingerprint density at radius 2 is 1.68 bits per heavy atom. The van der Waals surface area contributed by atoms with Crippen LogP contribution in [0.2, 0.25) is 0 Å². The Morgan fingerprint density at radius 1 is 1.07 bits per heavy atom. The highest BCUT2D eigenvalue weighted by atomic mass is 32.1. The summed E-state index contributed by atoms with van der Waals surface area (Å²) < 4.78 is 0. The molecule has 0 spiro atoms. The summed E-state index contributed by atoms with van der Waals surface area (Å²) in [5.74, 6) is -0.335. The number of amides is 3. The molecule has 28 heavy (non-hydrogen) atoms. The van der Waals surface area contributed by atoms with Crippen molar-refractivity contribution in [2.24, 2.45) is 0 Å². The fraction of sp³-hybridized carbons (Fsp3) is 0.421. The first-order valence-corrected chi connectivity index (χ1v) is 10.8. The van der Waals surface area contributed by atoms with Gasteiger partial charge < -0.3 is 20.6 Å². The summed E-state index contributed by atoms with van der Waals surface area (Å²) in [6.07, 6.45) is 0.479. The molecule has 0 radical (unpaired) electrons. The first kappa shape index (κ1) is 21.9. The smallest absolute Gasteiger partial charge is 0.405 e. The van der Waals surface area contributed by atoms with Crippen molar-refractivity contribution in [2.75, 3.05) is 6.54 Å². The Bertz CT molecular complexity index is 711. The minimum atomic E-state index is -1.22. The van der Waals surface area contributed by atoms with Crippen LogP contribution in [0.25, 0.3) is 0 Å². The van der Waals surface area contributed by atoms with Gasteiger partial charge in [0.2, 0.25) is 11.8 Å². The Morgan fingerprint density at radius 3 is 2.14 bits per heavy atom. The molecule has 2 rings (SSSR count). The number of hydrogen-bond donors (Lipinski definition) is 3. The van der Waals surface area contributed by atoms with Gasteiger partial charge in [0, 0.05) is 23.2 Å². The van der Waals surface area contributed by atoms with Crippen molar-refractivity contribution in [3.05, 3.63) is 44.8 Å². The van der Waals surface area contributed by atoms with Gasteiger partial charge in [-0.15, -0.1) is 22.7 Å². The molecule has 0 fully saturated rings. The van der Waals surface area contributed by atoms with Crippen LogP contribution >= 0.6 is 22.7 Å². The molecule has 1 atom stereocenters. The van der Waals surface area contributed by atoms with Gasteiger partial charge in [0.15, 0.2) is 0 Å². The Labute approximate surface area is 172 Å². The number of hydrogen-bond acceptors (Lipinski definition) is 5. The van der Waals surface area contributed by atoms with Gasteiger partial charge in [0.1, 0.15) is 6.04 Å². The van der Waals surface area contributed by atoms with Crippen LogP contribution in [-0.2, 0) is 22.7 Å². The zero-order valence-electron chi connectivity index (χ0n) is 15.7. The van der Waals surface area contributed by atoms with Crippen molar-refractivity contribution in [1.82, 2.24) is 15.5 Å². The fourth-order valence-electron chi connectivity index (χ4n) is 2.76. The van der Waals surface area contributed by atoms with E-state index in [1.165, 1.54) is 6.92 Å². The van der Waals surface area contributed by atoms with Crippen molar-refractivity contribution in [3.8, 4) is 0 Å². The lowest BCUT2D eigenvalue weighted by atomic mass is 10.1. The van der Waals surface area contributed by atoms with E-state index < -0.39 is 12.1 Å². The average molecular weight is 424 g/mol. The lowest BCUT2D eigenvalue weighted by Gasteiger charge is -2.27. The van der Waals surface area contributed by atoms with Gasteiger partial charge in [-0.1, -0.05) is 12.1 Å². The maximum Gasteiger partial charge on any atom is 0.405 e. The Kier molecular flexibility index (Phi) is 8.96. The number of carbonyl (C=O) groups is 3. The molecule has 152 valence electrons. The topological polar surface area (TPSA) is 98.7 Å². The van der Waals surface area contributed by atoms with Crippen molar-refractivity contribution in [2.45, 2.75) is 45.3 Å². The molecule has 0 aliphatic rings. The minimum Gasteiger partial charge on any atom is -0.465 e. The zero-order chi connectivity index (χ0) is 20.4. The van der Waals surface area contributed by atoms with E-state index in [0.29, 0.717) is 38.9 Å². The monoisotopic (exact) mass is 423 g/mol. The van der Waals surface area contributed by atoms with E-state index in [4.69, 9.17) is 5.11 Å². The quantitative estimate of drug-likeness (QED) is 0.483. The molecule has 9 heteroatoms. The summed E-state index contributed by atoms with van der Waals surface area (Å²) in [5.41, 5.74) is 0. The second kappa shape index (κ2) is 11.5. The predicted octanol–water partition coefficient (Wildman–Crippen LogP) is 3.28. The molecule has 2 aromatic heterocycles. The van der Waals surface area contributed by atoms with E-state index in [1.807, 2.05) is 35.0 Å². The highest BCUT2D eigenvalue weighted by molar-refractivity contribution is 7.10. The molecule has 0 aliphatic heterocycles. The maximum absolute atomic E-state index is 13.1. The van der Waals surface area contributed by atoms with E-state index in [1.54, 1.807) is 27.6 Å². The third-order valence-corrected chi connectivity index (χ3v) is 5.78. The highest BCUT2D eigenvalue weighted by Gasteiger charge is 2.26. The van der Waals surface area contributed by atoms with Crippen molar-refractivity contribution in [3.63, 3.8) is 0 Å². The third kappa shape index (κ3) is 7.69. The molecule has 2 aromatic rings. The molecule has 0 aromatic carbocycles. The summed E-state index contributed by atoms with van der Waals surface area (Å²) in [7, 11) is 0. The van der Waals surface area contributed by atoms with Crippen LogP contribution in [0, 0.1) is 0 Å². The molecule has 0 saturated carbocycles. The molecule has 0 bridgehead atoms. The third-order valence-electron chi connectivity index (χ3n) is 4.05. The van der Waals surface area contributed by atoms with E-state index >= 15 is 0 Å². The van der Waals surface area contributed by atoms with Gasteiger partial charge in [0.05, 0.1) is 13.1 Å². The van der Waals surface area contributed by atoms with Crippen LogP contribution in [0.3, 0.4) is 0 Å².